The number of rotatable bonds is 5. The van der Waals surface area contributed by atoms with E-state index in [1.54, 1.807) is 4.90 Å². The van der Waals surface area contributed by atoms with E-state index in [9.17, 15) is 4.79 Å². The second-order valence-electron chi connectivity index (χ2n) is 8.32. The average molecular weight is 402 g/mol. The van der Waals surface area contributed by atoms with Gasteiger partial charge in [0.05, 0.1) is 29.9 Å². The van der Waals surface area contributed by atoms with Crippen molar-refractivity contribution in [1.29, 1.82) is 0 Å². The van der Waals surface area contributed by atoms with E-state index in [-0.39, 0.29) is 12.0 Å². The number of carbonyl (C=O) groups excluding carboxylic acids is 1. The van der Waals surface area contributed by atoms with Crippen molar-refractivity contribution in [2.75, 3.05) is 31.6 Å². The van der Waals surface area contributed by atoms with E-state index in [1.807, 2.05) is 55.6 Å². The molecule has 5 nitrogen and oxygen atoms in total. The summed E-state index contributed by atoms with van der Waals surface area (Å²) in [6, 6.07) is 18.1. The standard InChI is InChI=1S/C25H27N3O2/c1-3-28-16-18(30-24-11-7-6-10-23(24)28)15-27(2)25(29)20-14-22(17-12-13-17)26-21-9-5-4-8-19(20)21/h4-11,14,17-18H,3,12-13,15-16H2,1-2H3/t18-/m1/s1. The van der Waals surface area contributed by atoms with Crippen LogP contribution in [0.2, 0.25) is 0 Å². The summed E-state index contributed by atoms with van der Waals surface area (Å²) in [6.45, 7) is 4.37. The number of ether oxygens (including phenoxy) is 1. The number of likely N-dealkylation sites (N-methyl/N-ethyl adjacent to an activating group) is 2. The lowest BCUT2D eigenvalue weighted by Gasteiger charge is -2.37. The Morgan fingerprint density at radius 2 is 1.93 bits per heavy atom. The van der Waals surface area contributed by atoms with Crippen LogP contribution < -0.4 is 9.64 Å². The molecule has 5 heteroatoms. The summed E-state index contributed by atoms with van der Waals surface area (Å²) in [7, 11) is 1.87. The normalized spacial score (nSPS) is 18.1. The summed E-state index contributed by atoms with van der Waals surface area (Å²) >= 11 is 0. The van der Waals surface area contributed by atoms with E-state index >= 15 is 0 Å². The number of carbonyl (C=O) groups is 1. The molecule has 1 aliphatic heterocycles. The number of pyridine rings is 1. The first kappa shape index (κ1) is 18.9. The number of hydrogen-bond acceptors (Lipinski definition) is 4. The van der Waals surface area contributed by atoms with Gasteiger partial charge in [-0.25, -0.2) is 0 Å². The number of benzene rings is 2. The quantitative estimate of drug-likeness (QED) is 0.633. The fraction of sp³-hybridized carbons (Fsp3) is 0.360. The van der Waals surface area contributed by atoms with Crippen molar-refractivity contribution in [2.45, 2.75) is 31.8 Å². The Kier molecular flexibility index (Phi) is 4.81. The molecule has 0 unspecified atom stereocenters. The molecule has 1 aliphatic carbocycles. The van der Waals surface area contributed by atoms with Crippen LogP contribution >= 0.6 is 0 Å². The van der Waals surface area contributed by atoms with Gasteiger partial charge in [0, 0.05) is 30.6 Å². The average Bonchev–Trinajstić information content (AvgIpc) is 3.62. The van der Waals surface area contributed by atoms with Gasteiger partial charge in [-0.2, -0.15) is 0 Å². The van der Waals surface area contributed by atoms with Crippen molar-refractivity contribution in [3.8, 4) is 5.75 Å². The smallest absolute Gasteiger partial charge is 0.254 e. The molecule has 1 amide bonds. The highest BCUT2D eigenvalue weighted by molar-refractivity contribution is 6.06. The van der Waals surface area contributed by atoms with Gasteiger partial charge in [-0.1, -0.05) is 30.3 Å². The van der Waals surface area contributed by atoms with Crippen molar-refractivity contribution in [2.24, 2.45) is 0 Å². The molecule has 30 heavy (non-hydrogen) atoms. The SMILES string of the molecule is CCN1C[C@@H](CN(C)C(=O)c2cc(C3CC3)nc3ccccc23)Oc2ccccc21. The zero-order valence-electron chi connectivity index (χ0n) is 17.5. The Labute approximate surface area is 177 Å². The number of anilines is 1. The van der Waals surface area contributed by atoms with E-state index in [4.69, 9.17) is 9.72 Å². The van der Waals surface area contributed by atoms with Crippen LogP contribution in [0.3, 0.4) is 0 Å². The predicted octanol–water partition coefficient (Wildman–Crippen LogP) is 4.47. The van der Waals surface area contributed by atoms with Crippen molar-refractivity contribution >= 4 is 22.5 Å². The fourth-order valence-corrected chi connectivity index (χ4v) is 4.33. The van der Waals surface area contributed by atoms with E-state index in [2.05, 4.69) is 17.9 Å². The predicted molar refractivity (Wildman–Crippen MR) is 119 cm³/mol. The topological polar surface area (TPSA) is 45.7 Å². The van der Waals surface area contributed by atoms with E-state index in [0.29, 0.717) is 12.5 Å². The number of hydrogen-bond donors (Lipinski definition) is 0. The second kappa shape index (κ2) is 7.63. The van der Waals surface area contributed by atoms with Crippen LogP contribution in [0.4, 0.5) is 5.69 Å². The zero-order valence-corrected chi connectivity index (χ0v) is 17.5. The van der Waals surface area contributed by atoms with Crippen molar-refractivity contribution < 1.29 is 9.53 Å². The minimum atomic E-state index is -0.0650. The van der Waals surface area contributed by atoms with Crippen LogP contribution in [0.25, 0.3) is 10.9 Å². The largest absolute Gasteiger partial charge is 0.485 e. The molecule has 1 fully saturated rings. The molecule has 2 aromatic carbocycles. The zero-order chi connectivity index (χ0) is 20.7. The third-order valence-electron chi connectivity index (χ3n) is 6.09. The fourth-order valence-electron chi connectivity index (χ4n) is 4.33. The lowest BCUT2D eigenvalue weighted by molar-refractivity contribution is 0.0711. The molecular weight excluding hydrogens is 374 g/mol. The molecule has 1 saturated carbocycles. The highest BCUT2D eigenvalue weighted by atomic mass is 16.5. The van der Waals surface area contributed by atoms with Crippen molar-refractivity contribution in [3.05, 3.63) is 65.9 Å². The van der Waals surface area contributed by atoms with Gasteiger partial charge in [-0.3, -0.25) is 9.78 Å². The molecule has 154 valence electrons. The lowest BCUT2D eigenvalue weighted by Crippen LogP contribution is -2.46. The number of aromatic nitrogens is 1. The van der Waals surface area contributed by atoms with Crippen LogP contribution in [0, 0.1) is 0 Å². The molecule has 0 N–H and O–H groups in total. The Morgan fingerprint density at radius 1 is 1.17 bits per heavy atom. The number of amides is 1. The van der Waals surface area contributed by atoms with Gasteiger partial charge in [0.2, 0.25) is 0 Å². The summed E-state index contributed by atoms with van der Waals surface area (Å²) in [5.74, 6) is 1.42. The minimum Gasteiger partial charge on any atom is -0.485 e. The van der Waals surface area contributed by atoms with Gasteiger partial charge < -0.3 is 14.5 Å². The first-order valence-corrected chi connectivity index (χ1v) is 10.8. The molecule has 3 aromatic rings. The van der Waals surface area contributed by atoms with Gasteiger partial charge in [-0.15, -0.1) is 0 Å². The van der Waals surface area contributed by atoms with Gasteiger partial charge in [-0.05, 0) is 44.0 Å². The first-order valence-electron chi connectivity index (χ1n) is 10.8. The molecule has 0 radical (unpaired) electrons. The van der Waals surface area contributed by atoms with Crippen LogP contribution in [0.5, 0.6) is 5.75 Å². The molecule has 1 aromatic heterocycles. The molecular formula is C25H27N3O2. The summed E-state index contributed by atoms with van der Waals surface area (Å²) in [5, 5.41) is 0.920. The summed E-state index contributed by atoms with van der Waals surface area (Å²) < 4.78 is 6.23. The molecule has 0 saturated heterocycles. The molecule has 2 aliphatic rings. The monoisotopic (exact) mass is 401 g/mol. The minimum absolute atomic E-state index is 0.0287. The van der Waals surface area contributed by atoms with Crippen LogP contribution in [-0.4, -0.2) is 48.6 Å². The third-order valence-corrected chi connectivity index (χ3v) is 6.09. The number of nitrogens with zero attached hydrogens (tertiary/aromatic N) is 3. The van der Waals surface area contributed by atoms with E-state index in [1.165, 1.54) is 0 Å². The van der Waals surface area contributed by atoms with Gasteiger partial charge >= 0.3 is 0 Å². The maximum absolute atomic E-state index is 13.5. The van der Waals surface area contributed by atoms with Crippen LogP contribution in [0.1, 0.15) is 41.7 Å². The third kappa shape index (κ3) is 3.49. The molecule has 5 rings (SSSR count). The molecule has 0 spiro atoms. The van der Waals surface area contributed by atoms with Crippen molar-refractivity contribution in [3.63, 3.8) is 0 Å². The summed E-state index contributed by atoms with van der Waals surface area (Å²) in [4.78, 5) is 22.4. The van der Waals surface area contributed by atoms with Gasteiger partial charge in [0.1, 0.15) is 11.9 Å². The molecule has 1 atom stereocenters. The second-order valence-corrected chi connectivity index (χ2v) is 8.32. The Bertz CT molecular complexity index is 1090. The Balaban J connectivity index is 1.40. The Hall–Kier alpha value is -3.08. The van der Waals surface area contributed by atoms with Crippen LogP contribution in [-0.2, 0) is 0 Å². The highest BCUT2D eigenvalue weighted by Crippen LogP contribution is 2.40. The molecule has 2 heterocycles. The first-order chi connectivity index (χ1) is 14.6. The summed E-state index contributed by atoms with van der Waals surface area (Å²) in [6.07, 6.45) is 2.26. The molecule has 0 bridgehead atoms. The lowest BCUT2D eigenvalue weighted by atomic mass is 10.0. The van der Waals surface area contributed by atoms with Gasteiger partial charge in [0.15, 0.2) is 0 Å². The van der Waals surface area contributed by atoms with E-state index < -0.39 is 0 Å². The number of fused-ring (bicyclic) bond motifs is 2. The highest BCUT2D eigenvalue weighted by Gasteiger charge is 2.29. The van der Waals surface area contributed by atoms with Gasteiger partial charge in [0.25, 0.3) is 5.91 Å². The summed E-state index contributed by atoms with van der Waals surface area (Å²) in [5.41, 5.74) is 3.82. The van der Waals surface area contributed by atoms with E-state index in [0.717, 1.165) is 59.5 Å². The number of para-hydroxylation sites is 3. The maximum atomic E-state index is 13.5. The van der Waals surface area contributed by atoms with Crippen molar-refractivity contribution in [1.82, 2.24) is 9.88 Å². The van der Waals surface area contributed by atoms with Crippen LogP contribution in [0.15, 0.2) is 54.6 Å². The Morgan fingerprint density at radius 3 is 2.73 bits per heavy atom. The maximum Gasteiger partial charge on any atom is 0.254 e.